The van der Waals surface area contributed by atoms with Crippen LogP contribution in [0, 0.1) is 0 Å². The van der Waals surface area contributed by atoms with Gasteiger partial charge in [-0.2, -0.15) is 0 Å². The molecule has 2 aromatic rings. The van der Waals surface area contributed by atoms with Crippen LogP contribution < -0.4 is 0 Å². The van der Waals surface area contributed by atoms with Gasteiger partial charge in [0.25, 0.3) is 0 Å². The molecule has 2 atom stereocenters. The zero-order chi connectivity index (χ0) is 13.0. The van der Waals surface area contributed by atoms with Gasteiger partial charge in [-0.3, -0.25) is 8.61 Å². The maximum absolute atomic E-state index is 12.1. The Hall–Kier alpha value is -1.27. The number of rotatable bonds is 1. The van der Waals surface area contributed by atoms with Crippen LogP contribution in [-0.4, -0.2) is 34.2 Å². The lowest BCUT2D eigenvalue weighted by atomic mass is 9.90. The Labute approximate surface area is 113 Å². The maximum Gasteiger partial charge on any atom is 0.233 e. The van der Waals surface area contributed by atoms with Gasteiger partial charge in [-0.15, -0.1) is 0 Å². The van der Waals surface area contributed by atoms with Crippen molar-refractivity contribution >= 4 is 16.6 Å². The van der Waals surface area contributed by atoms with E-state index in [-0.39, 0.29) is 10.5 Å². The molecule has 0 spiro atoms. The molecular formula is C13H15N3O2S. The van der Waals surface area contributed by atoms with Gasteiger partial charge in [-0.1, -0.05) is 0 Å². The average Bonchev–Trinajstić information content (AvgIpc) is 2.92. The van der Waals surface area contributed by atoms with Gasteiger partial charge in [0.1, 0.15) is 5.60 Å². The fourth-order valence-electron chi connectivity index (χ4n) is 3.46. The molecule has 2 aromatic heterocycles. The molecule has 5 nitrogen and oxygen atoms in total. The number of fused-ring (bicyclic) bond motifs is 3. The molecule has 2 bridgehead atoms. The number of nitrogens with zero attached hydrogens (tertiary/aromatic N) is 3. The zero-order valence-electron chi connectivity index (χ0n) is 10.4. The van der Waals surface area contributed by atoms with Crippen LogP contribution in [0.3, 0.4) is 0 Å². The molecule has 19 heavy (non-hydrogen) atoms. The van der Waals surface area contributed by atoms with Crippen molar-refractivity contribution < 1.29 is 9.32 Å². The molecule has 100 valence electrons. The van der Waals surface area contributed by atoms with Crippen molar-refractivity contribution in [2.75, 3.05) is 0 Å². The molecule has 1 N–H and O–H groups in total. The third-order valence-corrected chi connectivity index (χ3v) is 6.48. The molecule has 0 saturated carbocycles. The van der Waals surface area contributed by atoms with Gasteiger partial charge in [-0.05, 0) is 31.7 Å². The van der Waals surface area contributed by atoms with Crippen molar-refractivity contribution in [1.82, 2.24) is 14.4 Å². The van der Waals surface area contributed by atoms with Gasteiger partial charge in [0.15, 0.2) is 0 Å². The van der Waals surface area contributed by atoms with Gasteiger partial charge in [-0.25, -0.2) is 9.97 Å². The lowest BCUT2D eigenvalue weighted by Gasteiger charge is -2.35. The summed E-state index contributed by atoms with van der Waals surface area (Å²) >= 11 is 0. The van der Waals surface area contributed by atoms with Crippen LogP contribution >= 0.6 is 0 Å². The van der Waals surface area contributed by atoms with E-state index in [1.807, 2.05) is 16.7 Å². The van der Waals surface area contributed by atoms with E-state index in [4.69, 9.17) is 0 Å². The maximum atomic E-state index is 12.1. The second-order valence-electron chi connectivity index (χ2n) is 5.52. The molecule has 4 heterocycles. The number of hydrogen-bond donors (Lipinski definition) is 1. The van der Waals surface area contributed by atoms with E-state index in [1.165, 1.54) is 0 Å². The van der Waals surface area contributed by atoms with E-state index >= 15 is 0 Å². The summed E-state index contributed by atoms with van der Waals surface area (Å²) in [5.41, 5.74) is -0.133. The smallest absolute Gasteiger partial charge is 0.233 e. The fourth-order valence-corrected chi connectivity index (χ4v) is 5.62. The Morgan fingerprint density at radius 2 is 2.05 bits per heavy atom. The van der Waals surface area contributed by atoms with Gasteiger partial charge in [0.2, 0.25) is 5.78 Å². The molecule has 2 fully saturated rings. The largest absolute Gasteiger partial charge is 0.383 e. The molecule has 0 aliphatic carbocycles. The summed E-state index contributed by atoms with van der Waals surface area (Å²) in [5, 5.41) is 11.3. The Balaban J connectivity index is 1.81. The van der Waals surface area contributed by atoms with Crippen molar-refractivity contribution in [3.8, 4) is 0 Å². The van der Waals surface area contributed by atoms with E-state index in [0.29, 0.717) is 18.6 Å². The third kappa shape index (κ3) is 1.59. The monoisotopic (exact) mass is 277 g/mol. The van der Waals surface area contributed by atoms with Crippen LogP contribution in [0.4, 0.5) is 0 Å². The van der Waals surface area contributed by atoms with Crippen molar-refractivity contribution in [1.29, 1.82) is 0 Å². The summed E-state index contributed by atoms with van der Waals surface area (Å²) in [7, 11) is -0.766. The van der Waals surface area contributed by atoms with Crippen LogP contribution in [0.5, 0.6) is 0 Å². The highest BCUT2D eigenvalue weighted by Crippen LogP contribution is 2.45. The van der Waals surface area contributed by atoms with Gasteiger partial charge >= 0.3 is 0 Å². The third-order valence-electron chi connectivity index (χ3n) is 4.36. The summed E-state index contributed by atoms with van der Waals surface area (Å²) in [6.45, 7) is 0. The highest BCUT2D eigenvalue weighted by Gasteiger charge is 2.49. The number of imidazole rings is 1. The molecule has 2 saturated heterocycles. The predicted octanol–water partition coefficient (Wildman–Crippen LogP) is 0.990. The predicted molar refractivity (Wildman–Crippen MR) is 71.1 cm³/mol. The number of aliphatic hydroxyl groups is 1. The molecule has 0 amide bonds. The minimum Gasteiger partial charge on any atom is -0.383 e. The van der Waals surface area contributed by atoms with Crippen molar-refractivity contribution in [2.45, 2.75) is 41.8 Å². The van der Waals surface area contributed by atoms with E-state index in [2.05, 4.69) is 9.97 Å². The molecule has 2 unspecified atom stereocenters. The van der Waals surface area contributed by atoms with E-state index < -0.39 is 16.4 Å². The molecule has 6 heteroatoms. The Morgan fingerprint density at radius 1 is 1.32 bits per heavy atom. The Bertz CT molecular complexity index is 653. The summed E-state index contributed by atoms with van der Waals surface area (Å²) in [5.74, 6) is 0.602. The summed E-state index contributed by atoms with van der Waals surface area (Å²) in [4.78, 5) is 8.42. The minimum absolute atomic E-state index is 0.131. The van der Waals surface area contributed by atoms with Crippen LogP contribution in [-0.2, 0) is 16.4 Å². The minimum atomic E-state index is -0.914. The number of aromatic nitrogens is 3. The molecule has 0 aromatic carbocycles. The first-order valence-corrected chi connectivity index (χ1v) is 7.85. The quantitative estimate of drug-likeness (QED) is 0.844. The highest BCUT2D eigenvalue weighted by atomic mass is 32.2. The SMILES string of the molecule is O=S1C2CCC1CC(O)(c1cnc3ncccn13)C2. The first-order valence-electron chi connectivity index (χ1n) is 6.58. The molecule has 2 aliphatic rings. The summed E-state index contributed by atoms with van der Waals surface area (Å²) < 4.78 is 13.9. The second kappa shape index (κ2) is 3.86. The zero-order valence-corrected chi connectivity index (χ0v) is 11.2. The first kappa shape index (κ1) is 11.5. The Kier molecular flexibility index (Phi) is 2.35. The van der Waals surface area contributed by atoms with Crippen LogP contribution in [0.2, 0.25) is 0 Å². The van der Waals surface area contributed by atoms with Gasteiger partial charge < -0.3 is 5.11 Å². The van der Waals surface area contributed by atoms with Gasteiger partial charge in [0, 0.05) is 33.7 Å². The molecule has 0 radical (unpaired) electrons. The highest BCUT2D eigenvalue weighted by molar-refractivity contribution is 7.86. The first-order chi connectivity index (χ1) is 9.17. The summed E-state index contributed by atoms with van der Waals surface area (Å²) in [6, 6.07) is 1.83. The average molecular weight is 277 g/mol. The van der Waals surface area contributed by atoms with Crippen LogP contribution in [0.15, 0.2) is 24.7 Å². The fraction of sp³-hybridized carbons (Fsp3) is 0.538. The van der Waals surface area contributed by atoms with Crippen LogP contribution in [0.25, 0.3) is 5.78 Å². The van der Waals surface area contributed by atoms with E-state index in [1.54, 1.807) is 12.4 Å². The van der Waals surface area contributed by atoms with E-state index in [9.17, 15) is 9.32 Å². The second-order valence-corrected chi connectivity index (χ2v) is 7.51. The summed E-state index contributed by atoms with van der Waals surface area (Å²) in [6.07, 6.45) is 8.34. The van der Waals surface area contributed by atoms with Crippen LogP contribution in [0.1, 0.15) is 31.4 Å². The molecule has 4 rings (SSSR count). The van der Waals surface area contributed by atoms with Crippen molar-refractivity contribution in [3.05, 3.63) is 30.4 Å². The van der Waals surface area contributed by atoms with Crippen molar-refractivity contribution in [3.63, 3.8) is 0 Å². The Morgan fingerprint density at radius 3 is 2.79 bits per heavy atom. The normalized spacial score (nSPS) is 37.8. The van der Waals surface area contributed by atoms with Crippen molar-refractivity contribution in [2.24, 2.45) is 0 Å². The molecule has 2 aliphatic heterocycles. The molecular weight excluding hydrogens is 262 g/mol. The topological polar surface area (TPSA) is 67.5 Å². The standard InChI is InChI=1S/C13H15N3O2S/c17-13(6-9-2-3-10(7-13)19(9)18)11-8-15-12-14-4-1-5-16(11)12/h1,4-5,8-10,17H,2-3,6-7H2. The lowest BCUT2D eigenvalue weighted by Crippen LogP contribution is -2.41. The lowest BCUT2D eigenvalue weighted by molar-refractivity contribution is 0.0134. The number of hydrogen-bond acceptors (Lipinski definition) is 4. The van der Waals surface area contributed by atoms with Gasteiger partial charge in [0.05, 0.1) is 11.9 Å². The van der Waals surface area contributed by atoms with E-state index in [0.717, 1.165) is 18.5 Å².